The second kappa shape index (κ2) is 7.71. The predicted octanol–water partition coefficient (Wildman–Crippen LogP) is 2.09. The first kappa shape index (κ1) is 19.8. The number of fused-ring (bicyclic) bond motifs is 1. The largest absolute Gasteiger partial charge is 0.504 e. The molecule has 156 valence electrons. The summed E-state index contributed by atoms with van der Waals surface area (Å²) in [5.41, 5.74) is 0.339. The van der Waals surface area contributed by atoms with Crippen molar-refractivity contribution in [3.05, 3.63) is 39.7 Å². The highest BCUT2D eigenvalue weighted by Crippen LogP contribution is 2.41. The third-order valence-corrected chi connectivity index (χ3v) is 5.89. The number of carbonyl (C=O) groups excluding carboxylic acids is 1. The number of nitrogens with zero attached hydrogens (tertiary/aromatic N) is 3. The molecule has 0 bridgehead atoms. The van der Waals surface area contributed by atoms with Crippen LogP contribution in [0.25, 0.3) is 0 Å². The van der Waals surface area contributed by atoms with Crippen molar-refractivity contribution in [2.75, 3.05) is 23.9 Å². The van der Waals surface area contributed by atoms with E-state index in [-0.39, 0.29) is 28.9 Å². The zero-order valence-electron chi connectivity index (χ0n) is 16.8. The van der Waals surface area contributed by atoms with Crippen molar-refractivity contribution in [3.63, 3.8) is 0 Å². The SMILES string of the molecule is COc1cc(C2c3c(nc(N4CCCCC4C)[nH]c3=O)NC(=O)C2C#N)ccc1O. The zero-order valence-corrected chi connectivity index (χ0v) is 16.8. The van der Waals surface area contributed by atoms with Crippen LogP contribution in [0.1, 0.15) is 43.2 Å². The van der Waals surface area contributed by atoms with E-state index in [0.29, 0.717) is 11.5 Å². The predicted molar refractivity (Wildman–Crippen MR) is 110 cm³/mol. The molecule has 9 heteroatoms. The highest BCUT2D eigenvalue weighted by Gasteiger charge is 2.41. The lowest BCUT2D eigenvalue weighted by Crippen LogP contribution is -2.42. The number of aromatic hydroxyl groups is 1. The van der Waals surface area contributed by atoms with Gasteiger partial charge < -0.3 is 20.1 Å². The number of H-pyrrole nitrogens is 1. The van der Waals surface area contributed by atoms with Gasteiger partial charge in [-0.3, -0.25) is 14.6 Å². The van der Waals surface area contributed by atoms with E-state index < -0.39 is 23.3 Å². The highest BCUT2D eigenvalue weighted by molar-refractivity contribution is 5.98. The number of anilines is 2. The van der Waals surface area contributed by atoms with Crippen molar-refractivity contribution in [3.8, 4) is 17.6 Å². The van der Waals surface area contributed by atoms with Gasteiger partial charge in [-0.15, -0.1) is 0 Å². The summed E-state index contributed by atoms with van der Waals surface area (Å²) in [7, 11) is 1.41. The number of benzene rings is 1. The van der Waals surface area contributed by atoms with Crippen molar-refractivity contribution in [1.29, 1.82) is 5.26 Å². The molecule has 0 spiro atoms. The van der Waals surface area contributed by atoms with E-state index in [9.17, 15) is 20.0 Å². The van der Waals surface area contributed by atoms with Gasteiger partial charge in [0.2, 0.25) is 11.9 Å². The number of aromatic amines is 1. The van der Waals surface area contributed by atoms with Crippen LogP contribution in [0.2, 0.25) is 0 Å². The summed E-state index contributed by atoms with van der Waals surface area (Å²) in [6.45, 7) is 2.85. The van der Waals surface area contributed by atoms with Crippen LogP contribution < -0.4 is 20.5 Å². The maximum absolute atomic E-state index is 13.1. The second-order valence-electron chi connectivity index (χ2n) is 7.69. The minimum atomic E-state index is -1.12. The summed E-state index contributed by atoms with van der Waals surface area (Å²) in [5, 5.41) is 22.2. The van der Waals surface area contributed by atoms with Gasteiger partial charge >= 0.3 is 0 Å². The minimum absolute atomic E-state index is 0.0725. The maximum Gasteiger partial charge on any atom is 0.258 e. The number of methoxy groups -OCH3 is 1. The van der Waals surface area contributed by atoms with Crippen molar-refractivity contribution in [2.24, 2.45) is 5.92 Å². The summed E-state index contributed by atoms with van der Waals surface area (Å²) >= 11 is 0. The third kappa shape index (κ3) is 3.24. The molecule has 2 aromatic rings. The minimum Gasteiger partial charge on any atom is -0.504 e. The molecular weight excluding hydrogens is 386 g/mol. The standard InChI is InChI=1S/C21H23N5O4/c1-11-5-3-4-8-26(11)21-24-18-17(20(29)25-21)16(13(10-22)19(28)23-18)12-6-7-14(27)15(9-12)30-2/h6-7,9,11,13,16,27H,3-5,8H2,1-2H3,(H2,23,24,25,28,29). The molecule has 4 rings (SSSR count). The number of nitrogens with one attached hydrogen (secondary N) is 2. The molecule has 1 saturated heterocycles. The van der Waals surface area contributed by atoms with Crippen molar-refractivity contribution in [2.45, 2.75) is 38.1 Å². The number of amides is 1. The van der Waals surface area contributed by atoms with Crippen LogP contribution in [0.3, 0.4) is 0 Å². The Bertz CT molecular complexity index is 1090. The van der Waals surface area contributed by atoms with E-state index in [1.807, 2.05) is 11.0 Å². The van der Waals surface area contributed by atoms with Crippen LogP contribution in [0.4, 0.5) is 11.8 Å². The van der Waals surface area contributed by atoms with E-state index in [1.165, 1.54) is 19.2 Å². The Hall–Kier alpha value is -3.54. The molecule has 1 fully saturated rings. The number of rotatable bonds is 3. The Morgan fingerprint density at radius 2 is 2.13 bits per heavy atom. The second-order valence-corrected chi connectivity index (χ2v) is 7.69. The number of hydrogen-bond acceptors (Lipinski definition) is 7. The lowest BCUT2D eigenvalue weighted by Gasteiger charge is -2.35. The molecule has 2 aliphatic heterocycles. The average molecular weight is 409 g/mol. The Balaban J connectivity index is 1.86. The van der Waals surface area contributed by atoms with E-state index >= 15 is 0 Å². The normalized spacial score (nSPS) is 23.3. The molecular formula is C21H23N5O4. The molecule has 1 amide bonds. The summed E-state index contributed by atoms with van der Waals surface area (Å²) in [5.74, 6) is -1.76. The van der Waals surface area contributed by atoms with Crippen molar-refractivity contribution < 1.29 is 14.6 Å². The number of nitriles is 1. The molecule has 30 heavy (non-hydrogen) atoms. The molecule has 1 aromatic carbocycles. The Morgan fingerprint density at radius 1 is 1.33 bits per heavy atom. The molecule has 0 aliphatic carbocycles. The molecule has 3 heterocycles. The summed E-state index contributed by atoms with van der Waals surface area (Å²) in [6, 6.07) is 6.76. The molecule has 0 radical (unpaired) electrons. The van der Waals surface area contributed by atoms with Gasteiger partial charge in [-0.05, 0) is 43.9 Å². The monoisotopic (exact) mass is 409 g/mol. The summed E-state index contributed by atoms with van der Waals surface area (Å²) < 4.78 is 5.16. The fourth-order valence-corrected chi connectivity index (χ4v) is 4.30. The first-order valence-electron chi connectivity index (χ1n) is 9.92. The van der Waals surface area contributed by atoms with Gasteiger partial charge in [0, 0.05) is 18.5 Å². The van der Waals surface area contributed by atoms with Crippen LogP contribution in [0.5, 0.6) is 11.5 Å². The van der Waals surface area contributed by atoms with Gasteiger partial charge in [0.1, 0.15) is 11.7 Å². The van der Waals surface area contributed by atoms with Crippen LogP contribution >= 0.6 is 0 Å². The first-order chi connectivity index (χ1) is 14.4. The van der Waals surface area contributed by atoms with E-state index in [2.05, 4.69) is 22.2 Å². The van der Waals surface area contributed by atoms with Crippen LogP contribution in [0.15, 0.2) is 23.0 Å². The summed E-state index contributed by atoms with van der Waals surface area (Å²) in [4.78, 5) is 35.3. The molecule has 2 aliphatic rings. The number of piperidine rings is 1. The molecule has 1 aromatic heterocycles. The Morgan fingerprint density at radius 3 is 2.83 bits per heavy atom. The van der Waals surface area contributed by atoms with E-state index in [1.54, 1.807) is 6.07 Å². The number of aromatic nitrogens is 2. The van der Waals surface area contributed by atoms with Gasteiger partial charge in [0.15, 0.2) is 11.5 Å². The lowest BCUT2D eigenvalue weighted by atomic mass is 9.79. The molecule has 3 N–H and O–H groups in total. The third-order valence-electron chi connectivity index (χ3n) is 5.89. The van der Waals surface area contributed by atoms with Crippen LogP contribution in [0, 0.1) is 17.2 Å². The fraction of sp³-hybridized carbons (Fsp3) is 0.429. The number of hydrogen-bond donors (Lipinski definition) is 3. The van der Waals surface area contributed by atoms with Gasteiger partial charge in [0.05, 0.1) is 18.7 Å². The highest BCUT2D eigenvalue weighted by atomic mass is 16.5. The molecule has 3 unspecified atom stereocenters. The number of phenolic OH excluding ortho intramolecular Hbond substituents is 1. The molecule has 3 atom stereocenters. The van der Waals surface area contributed by atoms with Gasteiger partial charge in [-0.1, -0.05) is 6.07 Å². The lowest BCUT2D eigenvalue weighted by molar-refractivity contribution is -0.119. The van der Waals surface area contributed by atoms with E-state index in [0.717, 1.165) is 25.8 Å². The molecule has 9 nitrogen and oxygen atoms in total. The summed E-state index contributed by atoms with van der Waals surface area (Å²) in [6.07, 6.45) is 3.13. The van der Waals surface area contributed by atoms with Crippen molar-refractivity contribution in [1.82, 2.24) is 9.97 Å². The number of ether oxygens (including phenoxy) is 1. The van der Waals surface area contributed by atoms with Crippen molar-refractivity contribution >= 4 is 17.7 Å². The first-order valence-corrected chi connectivity index (χ1v) is 9.92. The maximum atomic E-state index is 13.1. The van der Waals surface area contributed by atoms with Crippen LogP contribution in [-0.2, 0) is 4.79 Å². The topological polar surface area (TPSA) is 131 Å². The Labute approximate surface area is 173 Å². The van der Waals surface area contributed by atoms with Crippen LogP contribution in [-0.4, -0.2) is 40.7 Å². The number of carbonyl (C=O) groups is 1. The fourth-order valence-electron chi connectivity index (χ4n) is 4.30. The quantitative estimate of drug-likeness (QED) is 0.707. The molecule has 0 saturated carbocycles. The Kier molecular flexibility index (Phi) is 5.08. The average Bonchev–Trinajstić information content (AvgIpc) is 2.73. The van der Waals surface area contributed by atoms with E-state index in [4.69, 9.17) is 4.74 Å². The van der Waals surface area contributed by atoms with Gasteiger partial charge in [-0.25, -0.2) is 0 Å². The number of phenols is 1. The van der Waals surface area contributed by atoms with Gasteiger partial charge in [0.25, 0.3) is 5.56 Å². The van der Waals surface area contributed by atoms with Gasteiger partial charge in [-0.2, -0.15) is 10.2 Å². The zero-order chi connectivity index (χ0) is 21.4. The smallest absolute Gasteiger partial charge is 0.258 e.